The summed E-state index contributed by atoms with van der Waals surface area (Å²) in [5.41, 5.74) is 0.642. The normalized spacial score (nSPS) is 16.4. The van der Waals surface area contributed by atoms with E-state index in [2.05, 4.69) is 16.4 Å². The van der Waals surface area contributed by atoms with E-state index >= 15 is 0 Å². The van der Waals surface area contributed by atoms with E-state index in [0.29, 0.717) is 30.8 Å². The van der Waals surface area contributed by atoms with Gasteiger partial charge in [0.1, 0.15) is 11.9 Å². The Bertz CT molecular complexity index is 515. The van der Waals surface area contributed by atoms with Crippen LogP contribution in [0.25, 0.3) is 0 Å². The van der Waals surface area contributed by atoms with Crippen molar-refractivity contribution >= 4 is 11.8 Å². The molecule has 1 aliphatic carbocycles. The van der Waals surface area contributed by atoms with Gasteiger partial charge in [0.15, 0.2) is 0 Å². The van der Waals surface area contributed by atoms with Crippen molar-refractivity contribution in [2.45, 2.75) is 26.2 Å². The first-order valence-electron chi connectivity index (χ1n) is 5.92. The topological polar surface area (TPSA) is 86.0 Å². The molecule has 0 atom stereocenters. The molecule has 5 heteroatoms. The maximum atomic E-state index is 11.2. The summed E-state index contributed by atoms with van der Waals surface area (Å²) in [6.45, 7) is 2.16. The number of nitrogens with one attached hydrogen (secondary N) is 1. The summed E-state index contributed by atoms with van der Waals surface area (Å²) in [5.74, 6) is -0.294. The Morgan fingerprint density at radius 1 is 1.67 bits per heavy atom. The molecule has 1 aromatic rings. The monoisotopic (exact) mass is 245 g/mol. The highest BCUT2D eigenvalue weighted by Gasteiger charge is 2.44. The zero-order valence-electron chi connectivity index (χ0n) is 10.2. The lowest BCUT2D eigenvalue weighted by Gasteiger charge is -2.37. The number of aryl methyl sites for hydroxylation is 1. The molecule has 5 nitrogen and oxygen atoms in total. The first kappa shape index (κ1) is 12.4. The molecule has 1 aliphatic rings. The molecule has 0 radical (unpaired) electrons. The van der Waals surface area contributed by atoms with Crippen LogP contribution in [0, 0.1) is 23.7 Å². The molecule has 1 aromatic heterocycles. The van der Waals surface area contributed by atoms with Gasteiger partial charge in [0.05, 0.1) is 11.0 Å². The number of pyridine rings is 1. The standard InChI is InChI=1S/C13H15N3O2/c1-9-3-6-15-11(10(9)7-14)16-8-13(12(17)18)4-2-5-13/h3,6H,2,4-5,8H2,1H3,(H,15,16)(H,17,18). The maximum absolute atomic E-state index is 11.2. The Kier molecular flexibility index (Phi) is 3.19. The van der Waals surface area contributed by atoms with Gasteiger partial charge in [0.2, 0.25) is 0 Å². The van der Waals surface area contributed by atoms with Crippen LogP contribution in [0.3, 0.4) is 0 Å². The first-order chi connectivity index (χ1) is 8.59. The van der Waals surface area contributed by atoms with Gasteiger partial charge >= 0.3 is 5.97 Å². The fraction of sp³-hybridized carbons (Fsp3) is 0.462. The number of nitriles is 1. The quantitative estimate of drug-likeness (QED) is 0.846. The average Bonchev–Trinajstić information content (AvgIpc) is 2.27. The van der Waals surface area contributed by atoms with E-state index in [1.165, 1.54) is 0 Å². The van der Waals surface area contributed by atoms with Crippen molar-refractivity contribution < 1.29 is 9.90 Å². The van der Waals surface area contributed by atoms with Crippen LogP contribution in [0.1, 0.15) is 30.4 Å². The van der Waals surface area contributed by atoms with Gasteiger partial charge in [0, 0.05) is 12.7 Å². The lowest BCUT2D eigenvalue weighted by molar-refractivity contribution is -0.153. The maximum Gasteiger partial charge on any atom is 0.311 e. The number of aromatic nitrogens is 1. The van der Waals surface area contributed by atoms with Crippen molar-refractivity contribution in [3.63, 3.8) is 0 Å². The molecule has 0 unspecified atom stereocenters. The molecular weight excluding hydrogens is 230 g/mol. The van der Waals surface area contributed by atoms with Crippen LogP contribution in [0.5, 0.6) is 0 Å². The van der Waals surface area contributed by atoms with Gasteiger partial charge in [-0.05, 0) is 31.4 Å². The average molecular weight is 245 g/mol. The van der Waals surface area contributed by atoms with Crippen molar-refractivity contribution in [3.8, 4) is 6.07 Å². The number of nitrogens with zero attached hydrogens (tertiary/aromatic N) is 2. The third kappa shape index (κ3) is 2.02. The number of hydrogen-bond acceptors (Lipinski definition) is 4. The van der Waals surface area contributed by atoms with E-state index in [4.69, 9.17) is 5.26 Å². The number of aliphatic carboxylic acids is 1. The third-order valence-electron chi connectivity index (χ3n) is 3.63. The number of hydrogen-bond donors (Lipinski definition) is 2. The molecule has 0 saturated heterocycles. The van der Waals surface area contributed by atoms with Gasteiger partial charge < -0.3 is 10.4 Å². The lowest BCUT2D eigenvalue weighted by Crippen LogP contribution is -2.43. The molecule has 18 heavy (non-hydrogen) atoms. The van der Waals surface area contributed by atoms with Crippen LogP contribution in [0.2, 0.25) is 0 Å². The Morgan fingerprint density at radius 2 is 2.39 bits per heavy atom. The fourth-order valence-corrected chi connectivity index (χ4v) is 2.16. The number of anilines is 1. The highest BCUT2D eigenvalue weighted by Crippen LogP contribution is 2.41. The van der Waals surface area contributed by atoms with Gasteiger partial charge in [-0.3, -0.25) is 4.79 Å². The lowest BCUT2D eigenvalue weighted by atomic mass is 9.69. The zero-order valence-corrected chi connectivity index (χ0v) is 10.2. The van der Waals surface area contributed by atoms with E-state index in [0.717, 1.165) is 12.0 Å². The molecule has 0 spiro atoms. The minimum absolute atomic E-state index is 0.327. The summed E-state index contributed by atoms with van der Waals surface area (Å²) in [5, 5.41) is 21.3. The van der Waals surface area contributed by atoms with Crippen LogP contribution < -0.4 is 5.32 Å². The molecular formula is C13H15N3O2. The van der Waals surface area contributed by atoms with Crippen molar-refractivity contribution in [2.24, 2.45) is 5.41 Å². The highest BCUT2D eigenvalue weighted by molar-refractivity contribution is 5.76. The van der Waals surface area contributed by atoms with E-state index in [-0.39, 0.29) is 0 Å². The van der Waals surface area contributed by atoms with Crippen molar-refractivity contribution in [2.75, 3.05) is 11.9 Å². The van der Waals surface area contributed by atoms with E-state index in [1.807, 2.05) is 6.92 Å². The van der Waals surface area contributed by atoms with Crippen LogP contribution in [0.4, 0.5) is 5.82 Å². The van der Waals surface area contributed by atoms with Gasteiger partial charge in [-0.15, -0.1) is 0 Å². The number of carbonyl (C=O) groups is 1. The van der Waals surface area contributed by atoms with Crippen LogP contribution in [-0.2, 0) is 4.79 Å². The molecule has 0 bridgehead atoms. The van der Waals surface area contributed by atoms with Gasteiger partial charge in [-0.1, -0.05) is 6.42 Å². The molecule has 2 rings (SSSR count). The number of carboxylic acid groups (broad SMARTS) is 1. The molecule has 94 valence electrons. The molecule has 1 saturated carbocycles. The van der Waals surface area contributed by atoms with Crippen molar-refractivity contribution in [1.29, 1.82) is 5.26 Å². The summed E-state index contributed by atoms with van der Waals surface area (Å²) >= 11 is 0. The SMILES string of the molecule is Cc1ccnc(NCC2(C(=O)O)CCC2)c1C#N. The summed E-state index contributed by atoms with van der Waals surface area (Å²) < 4.78 is 0. The fourth-order valence-electron chi connectivity index (χ4n) is 2.16. The zero-order chi connectivity index (χ0) is 13.2. The van der Waals surface area contributed by atoms with E-state index in [9.17, 15) is 9.90 Å². The van der Waals surface area contributed by atoms with Gasteiger partial charge in [-0.2, -0.15) is 5.26 Å². The van der Waals surface area contributed by atoms with Crippen molar-refractivity contribution in [3.05, 3.63) is 23.4 Å². The van der Waals surface area contributed by atoms with Crippen LogP contribution in [-0.4, -0.2) is 22.6 Å². The van der Waals surface area contributed by atoms with Gasteiger partial charge in [0.25, 0.3) is 0 Å². The van der Waals surface area contributed by atoms with Gasteiger partial charge in [-0.25, -0.2) is 4.98 Å². The second kappa shape index (κ2) is 4.65. The van der Waals surface area contributed by atoms with Crippen molar-refractivity contribution in [1.82, 2.24) is 4.98 Å². The minimum atomic E-state index is -0.771. The first-order valence-corrected chi connectivity index (χ1v) is 5.92. The number of rotatable bonds is 4. The minimum Gasteiger partial charge on any atom is -0.481 e. The Balaban J connectivity index is 2.14. The largest absolute Gasteiger partial charge is 0.481 e. The molecule has 1 fully saturated rings. The molecule has 0 aliphatic heterocycles. The molecule has 0 aromatic carbocycles. The molecule has 0 amide bonds. The van der Waals surface area contributed by atoms with Crippen LogP contribution in [0.15, 0.2) is 12.3 Å². The predicted octanol–water partition coefficient (Wildman–Crippen LogP) is 1.93. The second-order valence-electron chi connectivity index (χ2n) is 4.76. The Morgan fingerprint density at radius 3 is 2.89 bits per heavy atom. The summed E-state index contributed by atoms with van der Waals surface area (Å²) in [6.07, 6.45) is 3.93. The summed E-state index contributed by atoms with van der Waals surface area (Å²) in [7, 11) is 0. The van der Waals surface area contributed by atoms with E-state index < -0.39 is 11.4 Å². The molecule has 1 heterocycles. The summed E-state index contributed by atoms with van der Waals surface area (Å²) in [4.78, 5) is 15.3. The highest BCUT2D eigenvalue weighted by atomic mass is 16.4. The second-order valence-corrected chi connectivity index (χ2v) is 4.76. The molecule has 2 N–H and O–H groups in total. The smallest absolute Gasteiger partial charge is 0.311 e. The Hall–Kier alpha value is -2.09. The van der Waals surface area contributed by atoms with E-state index in [1.54, 1.807) is 12.3 Å². The summed E-state index contributed by atoms with van der Waals surface area (Å²) in [6, 6.07) is 3.86. The Labute approximate surface area is 105 Å². The predicted molar refractivity (Wildman–Crippen MR) is 66.1 cm³/mol. The third-order valence-corrected chi connectivity index (χ3v) is 3.63. The number of carboxylic acids is 1. The van der Waals surface area contributed by atoms with Crippen LogP contribution >= 0.6 is 0 Å².